The average molecular weight is 627 g/mol. The Hall–Kier alpha value is -1.54. The van der Waals surface area contributed by atoms with Crippen molar-refractivity contribution in [3.63, 3.8) is 0 Å². The van der Waals surface area contributed by atoms with Crippen molar-refractivity contribution < 1.29 is 14.6 Å². The van der Waals surface area contributed by atoms with E-state index in [0.29, 0.717) is 6.42 Å². The van der Waals surface area contributed by atoms with Crippen LogP contribution in [0.5, 0.6) is 0 Å². The van der Waals surface area contributed by atoms with E-state index in [2.05, 4.69) is 60.0 Å². The standard InChI is InChI=1S/C31H50N2O3.HI/c1-4-6-7-8-11-14-17-30(34)29(16-13-10-9-12-15-18-31(35)36-3)33-24-23-32(26-33)25-28-21-19-27(5-2)20-22-28;/h5,19-24,29-30,34H,2,4,6-18,25-26H2,1,3H3;1H. The molecule has 1 aliphatic rings. The molecule has 2 atom stereocenters. The lowest BCUT2D eigenvalue weighted by Gasteiger charge is -2.33. The number of hydrogen-bond donors (Lipinski definition) is 1. The molecule has 1 aromatic carbocycles. The maximum atomic E-state index is 11.3. The van der Waals surface area contributed by atoms with Gasteiger partial charge in [0, 0.05) is 25.4 Å². The number of rotatable bonds is 20. The quantitative estimate of drug-likeness (QED) is 0.0907. The Kier molecular flexibility index (Phi) is 18.5. The van der Waals surface area contributed by atoms with Gasteiger partial charge in [-0.25, -0.2) is 0 Å². The number of aliphatic hydroxyl groups excluding tert-OH is 1. The van der Waals surface area contributed by atoms with Crippen LogP contribution in [-0.4, -0.2) is 46.8 Å². The molecule has 1 aromatic rings. The third-order valence-electron chi connectivity index (χ3n) is 7.25. The molecule has 0 radical (unpaired) electrons. The third-order valence-corrected chi connectivity index (χ3v) is 7.25. The van der Waals surface area contributed by atoms with E-state index in [1.165, 1.54) is 44.8 Å². The van der Waals surface area contributed by atoms with Crippen molar-refractivity contribution in [3.05, 3.63) is 54.4 Å². The van der Waals surface area contributed by atoms with Gasteiger partial charge in [-0.2, -0.15) is 0 Å². The molecule has 0 spiro atoms. The van der Waals surface area contributed by atoms with Gasteiger partial charge in [-0.3, -0.25) is 4.79 Å². The van der Waals surface area contributed by atoms with Gasteiger partial charge in [0.15, 0.2) is 0 Å². The monoisotopic (exact) mass is 626 g/mol. The number of halogens is 1. The van der Waals surface area contributed by atoms with Crippen molar-refractivity contribution in [2.24, 2.45) is 0 Å². The lowest BCUT2D eigenvalue weighted by atomic mass is 9.96. The number of unbranched alkanes of at least 4 members (excludes halogenated alkanes) is 9. The number of ether oxygens (including phenoxy) is 1. The highest BCUT2D eigenvalue weighted by atomic mass is 127. The Morgan fingerprint density at radius 1 is 0.973 bits per heavy atom. The fourth-order valence-corrected chi connectivity index (χ4v) is 4.96. The molecule has 1 N–H and O–H groups in total. The Bertz CT molecular complexity index is 768. The summed E-state index contributed by atoms with van der Waals surface area (Å²) in [5.74, 6) is -0.116. The number of nitrogens with zero attached hydrogens (tertiary/aromatic N) is 2. The first kappa shape index (κ1) is 33.5. The largest absolute Gasteiger partial charge is 0.469 e. The summed E-state index contributed by atoms with van der Waals surface area (Å²) >= 11 is 0. The number of hydrogen-bond acceptors (Lipinski definition) is 5. The molecule has 0 aliphatic carbocycles. The van der Waals surface area contributed by atoms with Crippen molar-refractivity contribution >= 4 is 36.0 Å². The molecule has 0 amide bonds. The second-order valence-corrected chi connectivity index (χ2v) is 10.2. The zero-order chi connectivity index (χ0) is 26.0. The average Bonchev–Trinajstić information content (AvgIpc) is 3.35. The highest BCUT2D eigenvalue weighted by Crippen LogP contribution is 2.24. The van der Waals surface area contributed by atoms with Crippen LogP contribution in [0.2, 0.25) is 0 Å². The summed E-state index contributed by atoms with van der Waals surface area (Å²) in [6, 6.07) is 8.70. The number of carbonyl (C=O) groups excluding carboxylic acids is 1. The fraction of sp³-hybridized carbons (Fsp3) is 0.645. The van der Waals surface area contributed by atoms with E-state index in [0.717, 1.165) is 70.1 Å². The molecule has 0 bridgehead atoms. The summed E-state index contributed by atoms with van der Waals surface area (Å²) < 4.78 is 4.72. The predicted octanol–water partition coefficient (Wildman–Crippen LogP) is 7.88. The number of aliphatic hydroxyl groups is 1. The minimum absolute atomic E-state index is 0. The van der Waals surface area contributed by atoms with Gasteiger partial charge in [-0.1, -0.05) is 108 Å². The van der Waals surface area contributed by atoms with Gasteiger partial charge in [-0.05, 0) is 30.4 Å². The molecule has 1 heterocycles. The van der Waals surface area contributed by atoms with Crippen LogP contribution < -0.4 is 0 Å². The summed E-state index contributed by atoms with van der Waals surface area (Å²) in [7, 11) is 1.45. The van der Waals surface area contributed by atoms with E-state index < -0.39 is 0 Å². The Balaban J connectivity index is 0.00000684. The molecule has 1 aliphatic heterocycles. The molecule has 2 rings (SSSR count). The van der Waals surface area contributed by atoms with Crippen LogP contribution in [0.15, 0.2) is 43.2 Å². The molecule has 0 fully saturated rings. The molecular weight excluding hydrogens is 575 g/mol. The zero-order valence-corrected chi connectivity index (χ0v) is 25.6. The summed E-state index contributed by atoms with van der Waals surface area (Å²) in [6.07, 6.45) is 21.1. The molecule has 0 saturated carbocycles. The summed E-state index contributed by atoms with van der Waals surface area (Å²) in [5.41, 5.74) is 2.42. The van der Waals surface area contributed by atoms with Crippen molar-refractivity contribution in [1.82, 2.24) is 9.80 Å². The van der Waals surface area contributed by atoms with E-state index in [1.807, 2.05) is 6.08 Å². The SMILES string of the molecule is C=Cc1ccc(CN2C=CN(C(CCCCCCCC(=O)OC)C(O)CCCCCCCC)C2)cc1.I. The van der Waals surface area contributed by atoms with E-state index in [4.69, 9.17) is 4.74 Å². The first-order valence-corrected chi connectivity index (χ1v) is 14.2. The third kappa shape index (κ3) is 13.7. The normalized spacial score (nSPS) is 14.4. The summed E-state index contributed by atoms with van der Waals surface area (Å²) in [6.45, 7) is 7.77. The van der Waals surface area contributed by atoms with Crippen LogP contribution in [0.4, 0.5) is 0 Å². The van der Waals surface area contributed by atoms with Gasteiger partial charge in [0.2, 0.25) is 0 Å². The van der Waals surface area contributed by atoms with E-state index in [9.17, 15) is 9.90 Å². The Morgan fingerprint density at radius 3 is 2.24 bits per heavy atom. The molecular formula is C31H51IN2O3. The van der Waals surface area contributed by atoms with Gasteiger partial charge in [0.05, 0.1) is 25.9 Å². The Morgan fingerprint density at radius 2 is 1.59 bits per heavy atom. The molecule has 6 heteroatoms. The van der Waals surface area contributed by atoms with Gasteiger partial charge >= 0.3 is 5.97 Å². The van der Waals surface area contributed by atoms with Gasteiger partial charge in [-0.15, -0.1) is 24.0 Å². The van der Waals surface area contributed by atoms with Crippen LogP contribution in [0.1, 0.15) is 108 Å². The minimum atomic E-state index is -0.299. The fourth-order valence-electron chi connectivity index (χ4n) is 4.96. The molecule has 2 unspecified atom stereocenters. The highest BCUT2D eigenvalue weighted by Gasteiger charge is 2.27. The van der Waals surface area contributed by atoms with Crippen molar-refractivity contribution in [1.29, 1.82) is 0 Å². The minimum Gasteiger partial charge on any atom is -0.469 e. The lowest BCUT2D eigenvalue weighted by molar-refractivity contribution is -0.140. The van der Waals surface area contributed by atoms with Crippen LogP contribution in [0.25, 0.3) is 6.08 Å². The summed E-state index contributed by atoms with van der Waals surface area (Å²) in [4.78, 5) is 15.9. The van der Waals surface area contributed by atoms with E-state index in [-0.39, 0.29) is 42.1 Å². The van der Waals surface area contributed by atoms with Crippen LogP contribution in [0, 0.1) is 0 Å². The second kappa shape index (κ2) is 20.4. The van der Waals surface area contributed by atoms with Gasteiger partial charge in [0.1, 0.15) is 0 Å². The zero-order valence-electron chi connectivity index (χ0n) is 23.3. The molecule has 0 aromatic heterocycles. The first-order chi connectivity index (χ1) is 17.6. The van der Waals surface area contributed by atoms with Crippen molar-refractivity contribution in [2.45, 2.75) is 116 Å². The van der Waals surface area contributed by atoms with Gasteiger partial charge < -0.3 is 19.6 Å². The van der Waals surface area contributed by atoms with Crippen LogP contribution >= 0.6 is 24.0 Å². The smallest absolute Gasteiger partial charge is 0.305 e. The molecule has 0 saturated heterocycles. The maximum absolute atomic E-state index is 11.3. The van der Waals surface area contributed by atoms with E-state index >= 15 is 0 Å². The first-order valence-electron chi connectivity index (χ1n) is 14.2. The van der Waals surface area contributed by atoms with Crippen LogP contribution in [0.3, 0.4) is 0 Å². The number of benzene rings is 1. The predicted molar refractivity (Wildman–Crippen MR) is 165 cm³/mol. The topological polar surface area (TPSA) is 53.0 Å². The molecule has 210 valence electrons. The maximum Gasteiger partial charge on any atom is 0.305 e. The second-order valence-electron chi connectivity index (χ2n) is 10.2. The summed E-state index contributed by atoms with van der Waals surface area (Å²) in [5, 5.41) is 11.2. The lowest BCUT2D eigenvalue weighted by Crippen LogP contribution is -2.42. The van der Waals surface area contributed by atoms with E-state index in [1.54, 1.807) is 0 Å². The Labute approximate surface area is 243 Å². The number of esters is 1. The van der Waals surface area contributed by atoms with Crippen molar-refractivity contribution in [2.75, 3.05) is 13.8 Å². The van der Waals surface area contributed by atoms with Crippen LogP contribution in [-0.2, 0) is 16.1 Å². The molecule has 5 nitrogen and oxygen atoms in total. The number of carbonyl (C=O) groups is 1. The molecule has 37 heavy (non-hydrogen) atoms. The number of methoxy groups -OCH3 is 1. The highest BCUT2D eigenvalue weighted by molar-refractivity contribution is 14.0. The van der Waals surface area contributed by atoms with Gasteiger partial charge in [0.25, 0.3) is 0 Å². The van der Waals surface area contributed by atoms with Crippen molar-refractivity contribution in [3.8, 4) is 0 Å².